The first-order chi connectivity index (χ1) is 12.2. The molecule has 26 heavy (non-hydrogen) atoms. The molecular weight excluding hydrogens is 334 g/mol. The Morgan fingerprint density at radius 3 is 2.50 bits per heavy atom. The van der Waals surface area contributed by atoms with Gasteiger partial charge in [0.1, 0.15) is 6.04 Å². The van der Waals surface area contributed by atoms with Crippen molar-refractivity contribution >= 4 is 11.9 Å². The van der Waals surface area contributed by atoms with Crippen LogP contribution >= 0.6 is 0 Å². The molecule has 1 atom stereocenters. The van der Waals surface area contributed by atoms with Gasteiger partial charge >= 0.3 is 5.97 Å². The molecule has 0 spiro atoms. The lowest BCUT2D eigenvalue weighted by molar-refractivity contribution is -0.137. The number of carbonyl (C=O) groups is 2. The number of amides is 1. The number of hydrogen-bond acceptors (Lipinski definition) is 4. The molecule has 1 aromatic heterocycles. The van der Waals surface area contributed by atoms with Crippen molar-refractivity contribution < 1.29 is 14.7 Å². The van der Waals surface area contributed by atoms with Crippen molar-refractivity contribution in [2.45, 2.75) is 45.6 Å². The van der Waals surface area contributed by atoms with Crippen molar-refractivity contribution in [3.63, 3.8) is 0 Å². The number of nitrogens with zero attached hydrogens (tertiary/aromatic N) is 2. The average molecular weight is 365 g/mol. The smallest absolute Gasteiger partial charge is 0.305 e. The number of likely N-dealkylation sites (N-methyl/N-ethyl adjacent to an activating group) is 1. The highest BCUT2D eigenvalue weighted by Crippen LogP contribution is 2.17. The Morgan fingerprint density at radius 2 is 1.92 bits per heavy atom. The van der Waals surface area contributed by atoms with E-state index in [9.17, 15) is 14.4 Å². The van der Waals surface area contributed by atoms with E-state index >= 15 is 0 Å². The molecule has 1 unspecified atom stereocenters. The van der Waals surface area contributed by atoms with Crippen LogP contribution in [-0.2, 0) is 16.0 Å². The van der Waals surface area contributed by atoms with Gasteiger partial charge in [0.25, 0.3) is 5.56 Å². The van der Waals surface area contributed by atoms with Gasteiger partial charge in [0, 0.05) is 25.4 Å². The third kappa shape index (κ3) is 7.82. The number of carboxylic acid groups (broad SMARTS) is 1. The normalized spacial score (nSPS) is 12.4. The van der Waals surface area contributed by atoms with Crippen LogP contribution in [0.2, 0.25) is 0 Å². The molecule has 1 rings (SSSR count). The first-order valence-electron chi connectivity index (χ1n) is 9.06. The van der Waals surface area contributed by atoms with Crippen molar-refractivity contribution in [3.05, 3.63) is 34.2 Å². The fraction of sp³-hybridized carbons (Fsp3) is 0.632. The van der Waals surface area contributed by atoms with Gasteiger partial charge in [-0.3, -0.25) is 14.4 Å². The van der Waals surface area contributed by atoms with Gasteiger partial charge < -0.3 is 19.9 Å². The average Bonchev–Trinajstić information content (AvgIpc) is 2.54. The molecule has 1 aromatic rings. The zero-order chi connectivity index (χ0) is 19.7. The number of nitrogens with one attached hydrogen (secondary N) is 1. The molecule has 2 N–H and O–H groups in total. The largest absolute Gasteiger partial charge is 0.481 e. The van der Waals surface area contributed by atoms with E-state index in [-0.39, 0.29) is 24.4 Å². The Labute approximate surface area is 155 Å². The second-order valence-electron chi connectivity index (χ2n) is 7.26. The molecule has 0 aromatic carbocycles. The number of carbonyl (C=O) groups excluding carboxylic acids is 1. The standard InChI is InChI=1S/C19H31N3O4/c1-14(2)5-7-16(19(26)20-11-9-18(24)25)22-13-15(6-8-17(22)23)10-12-21(3)4/h6,8,13-14,16H,5,7,9-12H2,1-4H3,(H,20,26)(H,24,25). The number of pyridine rings is 1. The summed E-state index contributed by atoms with van der Waals surface area (Å²) in [5, 5.41) is 11.4. The molecule has 0 bridgehead atoms. The quantitative estimate of drug-likeness (QED) is 0.620. The van der Waals surface area contributed by atoms with E-state index in [0.717, 1.165) is 24.9 Å². The second-order valence-corrected chi connectivity index (χ2v) is 7.26. The lowest BCUT2D eigenvalue weighted by Crippen LogP contribution is -2.38. The van der Waals surface area contributed by atoms with Gasteiger partial charge in [-0.05, 0) is 44.8 Å². The molecule has 7 nitrogen and oxygen atoms in total. The van der Waals surface area contributed by atoms with Crippen molar-refractivity contribution in [2.75, 3.05) is 27.2 Å². The molecule has 0 aliphatic heterocycles. The number of rotatable bonds is 11. The number of hydrogen-bond donors (Lipinski definition) is 2. The Morgan fingerprint density at radius 1 is 1.23 bits per heavy atom. The van der Waals surface area contributed by atoms with Gasteiger partial charge in [-0.15, -0.1) is 0 Å². The Kier molecular flexibility index (Phi) is 9.05. The summed E-state index contributed by atoms with van der Waals surface area (Å²) in [6, 6.07) is 2.67. The highest BCUT2D eigenvalue weighted by atomic mass is 16.4. The van der Waals surface area contributed by atoms with Crippen LogP contribution in [0.4, 0.5) is 0 Å². The Hall–Kier alpha value is -2.15. The van der Waals surface area contributed by atoms with Crippen LogP contribution in [0, 0.1) is 5.92 Å². The lowest BCUT2D eigenvalue weighted by atomic mass is 10.0. The predicted molar refractivity (Wildman–Crippen MR) is 101 cm³/mol. The minimum absolute atomic E-state index is 0.0570. The molecule has 0 saturated carbocycles. The fourth-order valence-electron chi connectivity index (χ4n) is 2.59. The molecule has 0 radical (unpaired) electrons. The van der Waals surface area contributed by atoms with E-state index in [1.54, 1.807) is 12.3 Å². The Bertz CT molecular complexity index is 652. The molecule has 0 fully saturated rings. The van der Waals surface area contributed by atoms with E-state index in [1.807, 2.05) is 14.1 Å². The van der Waals surface area contributed by atoms with Gasteiger partial charge in [0.05, 0.1) is 6.42 Å². The summed E-state index contributed by atoms with van der Waals surface area (Å²) in [6.45, 7) is 5.03. The molecular formula is C19H31N3O4. The highest BCUT2D eigenvalue weighted by Gasteiger charge is 2.22. The third-order valence-electron chi connectivity index (χ3n) is 4.14. The van der Waals surface area contributed by atoms with Crippen LogP contribution in [-0.4, -0.2) is 53.6 Å². The van der Waals surface area contributed by atoms with Gasteiger partial charge in [0.15, 0.2) is 0 Å². The summed E-state index contributed by atoms with van der Waals surface area (Å²) in [5.74, 6) is -0.873. The fourth-order valence-corrected chi connectivity index (χ4v) is 2.59. The van der Waals surface area contributed by atoms with Gasteiger partial charge in [-0.2, -0.15) is 0 Å². The van der Waals surface area contributed by atoms with Gasteiger partial charge in [-0.25, -0.2) is 0 Å². The van der Waals surface area contributed by atoms with Crippen LogP contribution in [0.3, 0.4) is 0 Å². The predicted octanol–water partition coefficient (Wildman–Crippen LogP) is 1.52. The van der Waals surface area contributed by atoms with E-state index in [2.05, 4.69) is 24.1 Å². The second kappa shape index (κ2) is 10.8. The molecule has 7 heteroatoms. The summed E-state index contributed by atoms with van der Waals surface area (Å²) in [5.41, 5.74) is 0.770. The van der Waals surface area contributed by atoms with E-state index in [1.165, 1.54) is 10.6 Å². The molecule has 146 valence electrons. The SMILES string of the molecule is CC(C)CCC(C(=O)NCCC(=O)O)n1cc(CCN(C)C)ccc1=O. The van der Waals surface area contributed by atoms with Crippen molar-refractivity contribution in [2.24, 2.45) is 5.92 Å². The van der Waals surface area contributed by atoms with Crippen LogP contribution in [0.15, 0.2) is 23.1 Å². The summed E-state index contributed by atoms with van der Waals surface area (Å²) in [6.07, 6.45) is 3.73. The third-order valence-corrected chi connectivity index (χ3v) is 4.14. The minimum Gasteiger partial charge on any atom is -0.481 e. The maximum Gasteiger partial charge on any atom is 0.305 e. The van der Waals surface area contributed by atoms with Crippen LogP contribution < -0.4 is 10.9 Å². The molecule has 0 aliphatic rings. The van der Waals surface area contributed by atoms with Crippen molar-refractivity contribution in [1.29, 1.82) is 0 Å². The maximum atomic E-state index is 12.6. The highest BCUT2D eigenvalue weighted by molar-refractivity contribution is 5.80. The van der Waals surface area contributed by atoms with Gasteiger partial charge in [0.2, 0.25) is 5.91 Å². The van der Waals surface area contributed by atoms with Crippen molar-refractivity contribution in [3.8, 4) is 0 Å². The Balaban J connectivity index is 3.00. The number of aromatic nitrogens is 1. The molecule has 1 heterocycles. The molecule has 0 saturated heterocycles. The molecule has 0 aliphatic carbocycles. The number of aliphatic carboxylic acids is 1. The van der Waals surface area contributed by atoms with Crippen LogP contribution in [0.1, 0.15) is 44.7 Å². The number of carboxylic acids is 1. The van der Waals surface area contributed by atoms with E-state index in [0.29, 0.717) is 12.3 Å². The summed E-state index contributed by atoms with van der Waals surface area (Å²) >= 11 is 0. The van der Waals surface area contributed by atoms with Gasteiger partial charge in [-0.1, -0.05) is 19.9 Å². The summed E-state index contributed by atoms with van der Waals surface area (Å²) in [4.78, 5) is 37.7. The summed E-state index contributed by atoms with van der Waals surface area (Å²) in [7, 11) is 3.97. The van der Waals surface area contributed by atoms with Crippen LogP contribution in [0.25, 0.3) is 0 Å². The molecule has 1 amide bonds. The lowest BCUT2D eigenvalue weighted by Gasteiger charge is -2.21. The monoisotopic (exact) mass is 365 g/mol. The zero-order valence-corrected chi connectivity index (χ0v) is 16.2. The van der Waals surface area contributed by atoms with Crippen LogP contribution in [0.5, 0.6) is 0 Å². The first-order valence-corrected chi connectivity index (χ1v) is 9.06. The first kappa shape index (κ1) is 21.9. The summed E-state index contributed by atoms with van der Waals surface area (Å²) < 4.78 is 1.49. The topological polar surface area (TPSA) is 91.6 Å². The van der Waals surface area contributed by atoms with E-state index in [4.69, 9.17) is 5.11 Å². The van der Waals surface area contributed by atoms with Crippen molar-refractivity contribution in [1.82, 2.24) is 14.8 Å². The van der Waals surface area contributed by atoms with E-state index < -0.39 is 12.0 Å². The minimum atomic E-state index is -0.966. The maximum absolute atomic E-state index is 12.6. The zero-order valence-electron chi connectivity index (χ0n) is 16.2.